The van der Waals surface area contributed by atoms with Crippen molar-refractivity contribution in [2.75, 3.05) is 12.3 Å². The third-order valence-electron chi connectivity index (χ3n) is 2.92. The lowest BCUT2D eigenvalue weighted by Gasteiger charge is -2.09. The van der Waals surface area contributed by atoms with Crippen molar-refractivity contribution in [2.24, 2.45) is 5.92 Å². The van der Waals surface area contributed by atoms with Crippen molar-refractivity contribution in [1.29, 1.82) is 0 Å². The highest BCUT2D eigenvalue weighted by Crippen LogP contribution is 2.21. The van der Waals surface area contributed by atoms with Crippen LogP contribution in [0, 0.1) is 18.7 Å². The highest BCUT2D eigenvalue weighted by Gasteiger charge is 2.13. The molecular formula is C15H19FN4OS. The molecule has 118 valence electrons. The SMILES string of the molecule is Cc1nnc(SCC(=O)NCC(C)C)n1-c1ccc(F)cc1. The molecule has 1 aromatic carbocycles. The predicted octanol–water partition coefficient (Wildman–Crippen LogP) is 2.58. The zero-order valence-electron chi connectivity index (χ0n) is 12.8. The van der Waals surface area contributed by atoms with Gasteiger partial charge in [-0.15, -0.1) is 10.2 Å². The second kappa shape index (κ2) is 7.40. The number of carbonyl (C=O) groups excluding carboxylic acids is 1. The number of hydrogen-bond donors (Lipinski definition) is 1. The van der Waals surface area contributed by atoms with Gasteiger partial charge >= 0.3 is 0 Å². The van der Waals surface area contributed by atoms with Crippen LogP contribution in [-0.2, 0) is 4.79 Å². The molecule has 1 heterocycles. The number of rotatable bonds is 6. The highest BCUT2D eigenvalue weighted by atomic mass is 32.2. The van der Waals surface area contributed by atoms with E-state index in [-0.39, 0.29) is 17.5 Å². The van der Waals surface area contributed by atoms with E-state index in [1.165, 1.54) is 23.9 Å². The summed E-state index contributed by atoms with van der Waals surface area (Å²) in [6, 6.07) is 6.10. The Morgan fingerprint density at radius 2 is 2.00 bits per heavy atom. The first-order chi connectivity index (χ1) is 10.5. The topological polar surface area (TPSA) is 59.8 Å². The lowest BCUT2D eigenvalue weighted by Crippen LogP contribution is -2.28. The molecule has 0 spiro atoms. The maximum absolute atomic E-state index is 13.0. The van der Waals surface area contributed by atoms with Crippen LogP contribution in [0.1, 0.15) is 19.7 Å². The Morgan fingerprint density at radius 1 is 1.32 bits per heavy atom. The minimum absolute atomic E-state index is 0.0370. The van der Waals surface area contributed by atoms with Gasteiger partial charge in [0.1, 0.15) is 11.6 Å². The summed E-state index contributed by atoms with van der Waals surface area (Å²) in [5.74, 6) is 1.05. The van der Waals surface area contributed by atoms with E-state index in [0.717, 1.165) is 5.69 Å². The molecule has 0 aliphatic rings. The first-order valence-electron chi connectivity index (χ1n) is 7.05. The molecule has 1 aromatic heterocycles. The lowest BCUT2D eigenvalue weighted by molar-refractivity contribution is -0.118. The molecule has 0 atom stereocenters. The summed E-state index contributed by atoms with van der Waals surface area (Å²) in [7, 11) is 0. The number of carbonyl (C=O) groups is 1. The summed E-state index contributed by atoms with van der Waals surface area (Å²) in [5, 5.41) is 11.6. The van der Waals surface area contributed by atoms with Crippen LogP contribution < -0.4 is 5.32 Å². The first kappa shape index (κ1) is 16.5. The van der Waals surface area contributed by atoms with Crippen molar-refractivity contribution < 1.29 is 9.18 Å². The van der Waals surface area contributed by atoms with E-state index >= 15 is 0 Å². The van der Waals surface area contributed by atoms with Gasteiger partial charge in [-0.3, -0.25) is 9.36 Å². The molecule has 5 nitrogen and oxygen atoms in total. The van der Waals surface area contributed by atoms with Crippen LogP contribution in [0.4, 0.5) is 4.39 Å². The van der Waals surface area contributed by atoms with Crippen LogP contribution >= 0.6 is 11.8 Å². The van der Waals surface area contributed by atoms with E-state index in [1.807, 2.05) is 20.8 Å². The molecule has 0 aliphatic heterocycles. The van der Waals surface area contributed by atoms with Gasteiger partial charge in [0.05, 0.1) is 5.75 Å². The smallest absolute Gasteiger partial charge is 0.230 e. The van der Waals surface area contributed by atoms with Crippen molar-refractivity contribution >= 4 is 17.7 Å². The lowest BCUT2D eigenvalue weighted by atomic mass is 10.2. The van der Waals surface area contributed by atoms with Crippen LogP contribution in [0.25, 0.3) is 5.69 Å². The van der Waals surface area contributed by atoms with Crippen molar-refractivity contribution in [2.45, 2.75) is 25.9 Å². The van der Waals surface area contributed by atoms with Crippen LogP contribution in [0.15, 0.2) is 29.4 Å². The zero-order chi connectivity index (χ0) is 16.1. The maximum atomic E-state index is 13.0. The monoisotopic (exact) mass is 322 g/mol. The van der Waals surface area contributed by atoms with E-state index in [0.29, 0.717) is 23.4 Å². The fraction of sp³-hybridized carbons (Fsp3) is 0.400. The largest absolute Gasteiger partial charge is 0.355 e. The molecule has 0 fully saturated rings. The Morgan fingerprint density at radius 3 is 2.64 bits per heavy atom. The van der Waals surface area contributed by atoms with Gasteiger partial charge in [-0.05, 0) is 37.1 Å². The summed E-state index contributed by atoms with van der Waals surface area (Å²) in [6.07, 6.45) is 0. The Balaban J connectivity index is 2.06. The van der Waals surface area contributed by atoms with E-state index in [2.05, 4.69) is 15.5 Å². The third-order valence-corrected chi connectivity index (χ3v) is 3.85. The molecule has 22 heavy (non-hydrogen) atoms. The first-order valence-corrected chi connectivity index (χ1v) is 8.03. The van der Waals surface area contributed by atoms with Gasteiger partial charge in [-0.1, -0.05) is 25.6 Å². The highest BCUT2D eigenvalue weighted by molar-refractivity contribution is 7.99. The van der Waals surface area contributed by atoms with E-state index < -0.39 is 0 Å². The summed E-state index contributed by atoms with van der Waals surface area (Å²) in [6.45, 7) is 6.56. The molecule has 2 aromatic rings. The Kier molecular flexibility index (Phi) is 5.54. The van der Waals surface area contributed by atoms with Crippen molar-refractivity contribution in [3.8, 4) is 5.69 Å². The number of nitrogens with zero attached hydrogens (tertiary/aromatic N) is 3. The molecule has 2 rings (SSSR count). The molecular weight excluding hydrogens is 303 g/mol. The fourth-order valence-electron chi connectivity index (χ4n) is 1.82. The molecule has 0 bridgehead atoms. The quantitative estimate of drug-likeness (QED) is 0.831. The molecule has 0 unspecified atom stereocenters. The molecule has 0 saturated heterocycles. The van der Waals surface area contributed by atoms with E-state index in [4.69, 9.17) is 0 Å². The molecule has 0 radical (unpaired) electrons. The van der Waals surface area contributed by atoms with Gasteiger partial charge in [0.15, 0.2) is 5.16 Å². The van der Waals surface area contributed by atoms with Crippen LogP contribution in [0.3, 0.4) is 0 Å². The number of hydrogen-bond acceptors (Lipinski definition) is 4. The molecule has 0 saturated carbocycles. The summed E-state index contributed by atoms with van der Waals surface area (Å²) in [5.41, 5.74) is 0.772. The normalized spacial score (nSPS) is 11.0. The maximum Gasteiger partial charge on any atom is 0.230 e. The van der Waals surface area contributed by atoms with Gasteiger partial charge in [0.2, 0.25) is 5.91 Å². The predicted molar refractivity (Wildman–Crippen MR) is 84.6 cm³/mol. The second-order valence-corrected chi connectivity index (χ2v) is 6.27. The molecule has 0 aliphatic carbocycles. The summed E-state index contributed by atoms with van der Waals surface area (Å²) >= 11 is 1.31. The number of nitrogens with one attached hydrogen (secondary N) is 1. The number of benzene rings is 1. The number of aryl methyl sites for hydroxylation is 1. The van der Waals surface area contributed by atoms with Crippen molar-refractivity contribution in [3.63, 3.8) is 0 Å². The number of thioether (sulfide) groups is 1. The summed E-state index contributed by atoms with van der Waals surface area (Å²) < 4.78 is 14.8. The Bertz CT molecular complexity index is 639. The fourth-order valence-corrected chi connectivity index (χ4v) is 2.65. The van der Waals surface area contributed by atoms with Crippen LogP contribution in [-0.4, -0.2) is 33.0 Å². The van der Waals surface area contributed by atoms with E-state index in [9.17, 15) is 9.18 Å². The van der Waals surface area contributed by atoms with Crippen molar-refractivity contribution in [1.82, 2.24) is 20.1 Å². The van der Waals surface area contributed by atoms with Gasteiger partial charge in [-0.2, -0.15) is 0 Å². The van der Waals surface area contributed by atoms with Gasteiger partial charge in [-0.25, -0.2) is 4.39 Å². The zero-order valence-corrected chi connectivity index (χ0v) is 13.7. The number of aromatic nitrogens is 3. The van der Waals surface area contributed by atoms with Crippen LogP contribution in [0.2, 0.25) is 0 Å². The van der Waals surface area contributed by atoms with Crippen LogP contribution in [0.5, 0.6) is 0 Å². The average Bonchev–Trinajstić information content (AvgIpc) is 2.85. The van der Waals surface area contributed by atoms with Gasteiger partial charge in [0, 0.05) is 12.2 Å². The third kappa shape index (κ3) is 4.30. The molecule has 7 heteroatoms. The molecule has 1 N–H and O–H groups in total. The number of amides is 1. The standard InChI is InChI=1S/C15H19FN4OS/c1-10(2)8-17-14(21)9-22-15-19-18-11(3)20(15)13-6-4-12(16)5-7-13/h4-7,10H,8-9H2,1-3H3,(H,17,21). The van der Waals surface area contributed by atoms with E-state index in [1.54, 1.807) is 16.7 Å². The van der Waals surface area contributed by atoms with Crippen molar-refractivity contribution in [3.05, 3.63) is 35.9 Å². The summed E-state index contributed by atoms with van der Waals surface area (Å²) in [4.78, 5) is 11.8. The Hall–Kier alpha value is -1.89. The van der Waals surface area contributed by atoms with Gasteiger partial charge in [0.25, 0.3) is 0 Å². The van der Waals surface area contributed by atoms with Gasteiger partial charge < -0.3 is 5.32 Å². The minimum atomic E-state index is -0.295. The molecule has 1 amide bonds. The Labute approximate surface area is 133 Å². The minimum Gasteiger partial charge on any atom is -0.355 e. The average molecular weight is 322 g/mol. The second-order valence-electron chi connectivity index (χ2n) is 5.33. The number of halogens is 1.